The molecule has 2 amide bonds. The molecule has 0 aromatic carbocycles. The second kappa shape index (κ2) is 6.45. The van der Waals surface area contributed by atoms with Gasteiger partial charge in [-0.15, -0.1) is 5.10 Å². The topological polar surface area (TPSA) is 93.0 Å². The van der Waals surface area contributed by atoms with Crippen molar-refractivity contribution >= 4 is 23.3 Å². The molecule has 122 valence electrons. The average Bonchev–Trinajstić information content (AvgIpc) is 3.11. The number of nitrogens with zero attached hydrogens (tertiary/aromatic N) is 5. The maximum Gasteiger partial charge on any atom is 0.275 e. The van der Waals surface area contributed by atoms with Gasteiger partial charge in [0, 0.05) is 24.5 Å². The van der Waals surface area contributed by atoms with E-state index >= 15 is 0 Å². The van der Waals surface area contributed by atoms with E-state index in [9.17, 15) is 9.59 Å². The first kappa shape index (κ1) is 15.6. The Balaban J connectivity index is 1.85. The number of carbonyl (C=O) groups is 2. The van der Waals surface area contributed by atoms with Crippen LogP contribution in [0.3, 0.4) is 0 Å². The third-order valence-corrected chi connectivity index (χ3v) is 4.12. The summed E-state index contributed by atoms with van der Waals surface area (Å²) in [6.07, 6.45) is 2.47. The molecule has 0 atom stereocenters. The van der Waals surface area contributed by atoms with Crippen LogP contribution in [0, 0.1) is 0 Å². The standard InChI is InChI=1S/C14H18N6O2S/c1-9(2)16-13(21)12-11-6-19(4-3-5-20(11)8-15-12)14(22)10-7-23-18-17-10/h7-9H,3-6H2,1-2H3,(H,16,21). The van der Waals surface area contributed by atoms with Gasteiger partial charge in [0.05, 0.1) is 18.6 Å². The zero-order chi connectivity index (χ0) is 16.4. The molecular formula is C14H18N6O2S. The molecule has 0 radical (unpaired) electrons. The minimum atomic E-state index is -0.210. The van der Waals surface area contributed by atoms with Gasteiger partial charge in [0.15, 0.2) is 11.4 Å². The SMILES string of the molecule is CC(C)NC(=O)c1ncn2c1CN(C(=O)c1csnn1)CCC2. The lowest BCUT2D eigenvalue weighted by molar-refractivity contribution is 0.0737. The van der Waals surface area contributed by atoms with Crippen LogP contribution >= 0.6 is 11.5 Å². The van der Waals surface area contributed by atoms with Crippen LogP contribution in [0.15, 0.2) is 11.7 Å². The summed E-state index contributed by atoms with van der Waals surface area (Å²) in [5, 5.41) is 8.32. The van der Waals surface area contributed by atoms with Crippen LogP contribution in [0.5, 0.6) is 0 Å². The van der Waals surface area contributed by atoms with Gasteiger partial charge < -0.3 is 14.8 Å². The van der Waals surface area contributed by atoms with E-state index in [1.54, 1.807) is 16.6 Å². The van der Waals surface area contributed by atoms with Crippen LogP contribution in [0.25, 0.3) is 0 Å². The lowest BCUT2D eigenvalue weighted by atomic mass is 10.2. The van der Waals surface area contributed by atoms with E-state index in [-0.39, 0.29) is 17.9 Å². The monoisotopic (exact) mass is 334 g/mol. The summed E-state index contributed by atoms with van der Waals surface area (Å²) >= 11 is 1.15. The maximum absolute atomic E-state index is 12.5. The molecule has 2 aromatic rings. The van der Waals surface area contributed by atoms with Crippen molar-refractivity contribution in [3.05, 3.63) is 28.8 Å². The summed E-state index contributed by atoms with van der Waals surface area (Å²) in [5.41, 5.74) is 1.49. The lowest BCUT2D eigenvalue weighted by Crippen LogP contribution is -2.34. The fourth-order valence-corrected chi connectivity index (χ4v) is 3.00. The van der Waals surface area contributed by atoms with E-state index in [0.29, 0.717) is 24.5 Å². The van der Waals surface area contributed by atoms with E-state index in [4.69, 9.17) is 0 Å². The Bertz CT molecular complexity index is 709. The van der Waals surface area contributed by atoms with Gasteiger partial charge in [-0.1, -0.05) is 4.49 Å². The lowest BCUT2D eigenvalue weighted by Gasteiger charge is -2.19. The number of nitrogens with one attached hydrogen (secondary N) is 1. The quantitative estimate of drug-likeness (QED) is 0.901. The minimum Gasteiger partial charge on any atom is -0.348 e. The molecule has 1 aliphatic rings. The highest BCUT2D eigenvalue weighted by molar-refractivity contribution is 7.03. The van der Waals surface area contributed by atoms with Crippen molar-refractivity contribution in [1.29, 1.82) is 0 Å². The van der Waals surface area contributed by atoms with Gasteiger partial charge in [-0.05, 0) is 31.8 Å². The van der Waals surface area contributed by atoms with Crippen molar-refractivity contribution in [2.75, 3.05) is 6.54 Å². The first-order valence-electron chi connectivity index (χ1n) is 7.47. The molecule has 1 N–H and O–H groups in total. The largest absolute Gasteiger partial charge is 0.348 e. The van der Waals surface area contributed by atoms with Crippen molar-refractivity contribution in [3.8, 4) is 0 Å². The molecule has 3 rings (SSSR count). The second-order valence-corrected chi connectivity index (χ2v) is 6.34. The summed E-state index contributed by atoms with van der Waals surface area (Å²) in [7, 11) is 0. The van der Waals surface area contributed by atoms with Gasteiger partial charge in [0.25, 0.3) is 11.8 Å². The first-order valence-corrected chi connectivity index (χ1v) is 8.31. The normalized spacial score (nSPS) is 14.5. The van der Waals surface area contributed by atoms with Crippen molar-refractivity contribution in [3.63, 3.8) is 0 Å². The molecule has 1 aliphatic heterocycles. The Hall–Kier alpha value is -2.29. The van der Waals surface area contributed by atoms with Gasteiger partial charge in [0.1, 0.15) is 0 Å². The predicted octanol–water partition coefficient (Wildman–Crippen LogP) is 0.919. The summed E-state index contributed by atoms with van der Waals surface area (Å²) in [6, 6.07) is 0.0319. The molecule has 0 bridgehead atoms. The predicted molar refractivity (Wildman–Crippen MR) is 84.1 cm³/mol. The number of imidazole rings is 1. The van der Waals surface area contributed by atoms with E-state index < -0.39 is 0 Å². The van der Waals surface area contributed by atoms with Gasteiger partial charge in [-0.2, -0.15) is 0 Å². The van der Waals surface area contributed by atoms with Gasteiger partial charge in [-0.3, -0.25) is 9.59 Å². The number of hydrogen-bond acceptors (Lipinski definition) is 6. The third-order valence-electron chi connectivity index (χ3n) is 3.62. The van der Waals surface area contributed by atoms with Crippen molar-refractivity contribution in [1.82, 2.24) is 29.4 Å². The number of hydrogen-bond donors (Lipinski definition) is 1. The number of fused-ring (bicyclic) bond motifs is 1. The highest BCUT2D eigenvalue weighted by Crippen LogP contribution is 2.18. The summed E-state index contributed by atoms with van der Waals surface area (Å²) in [5.74, 6) is -0.373. The third kappa shape index (κ3) is 3.24. The molecule has 0 aliphatic carbocycles. The Kier molecular flexibility index (Phi) is 4.37. The van der Waals surface area contributed by atoms with E-state index in [0.717, 1.165) is 30.2 Å². The molecule has 23 heavy (non-hydrogen) atoms. The van der Waals surface area contributed by atoms with E-state index in [1.807, 2.05) is 18.4 Å². The molecule has 3 heterocycles. The molecule has 0 saturated heterocycles. The highest BCUT2D eigenvalue weighted by Gasteiger charge is 2.26. The summed E-state index contributed by atoms with van der Waals surface area (Å²) in [4.78, 5) is 30.7. The summed E-state index contributed by atoms with van der Waals surface area (Å²) in [6.45, 7) is 5.49. The summed E-state index contributed by atoms with van der Waals surface area (Å²) < 4.78 is 5.68. The zero-order valence-corrected chi connectivity index (χ0v) is 13.8. The van der Waals surface area contributed by atoms with Crippen LogP contribution in [0.1, 0.15) is 46.9 Å². The first-order chi connectivity index (χ1) is 11.1. The molecular weight excluding hydrogens is 316 g/mol. The smallest absolute Gasteiger partial charge is 0.275 e. The molecule has 8 nitrogen and oxygen atoms in total. The van der Waals surface area contributed by atoms with Crippen LogP contribution in [0.4, 0.5) is 0 Å². The Morgan fingerprint density at radius 1 is 1.35 bits per heavy atom. The minimum absolute atomic E-state index is 0.0319. The Morgan fingerprint density at radius 2 is 2.17 bits per heavy atom. The number of carbonyl (C=O) groups excluding carboxylic acids is 2. The zero-order valence-electron chi connectivity index (χ0n) is 13.0. The molecule has 0 unspecified atom stereocenters. The van der Waals surface area contributed by atoms with Crippen LogP contribution in [0.2, 0.25) is 0 Å². The number of amides is 2. The van der Waals surface area contributed by atoms with Gasteiger partial charge in [0.2, 0.25) is 0 Å². The van der Waals surface area contributed by atoms with Crippen molar-refractivity contribution < 1.29 is 9.59 Å². The van der Waals surface area contributed by atoms with Crippen molar-refractivity contribution in [2.45, 2.75) is 39.4 Å². The molecule has 9 heteroatoms. The molecule has 0 fully saturated rings. The number of aryl methyl sites for hydroxylation is 1. The van der Waals surface area contributed by atoms with Gasteiger partial charge in [-0.25, -0.2) is 4.98 Å². The molecule has 0 spiro atoms. The van der Waals surface area contributed by atoms with E-state index in [1.165, 1.54) is 0 Å². The fourth-order valence-electron chi connectivity index (χ4n) is 2.57. The average molecular weight is 334 g/mol. The Morgan fingerprint density at radius 3 is 2.87 bits per heavy atom. The second-order valence-electron chi connectivity index (χ2n) is 5.73. The van der Waals surface area contributed by atoms with E-state index in [2.05, 4.69) is 19.9 Å². The number of aromatic nitrogens is 4. The molecule has 0 saturated carbocycles. The van der Waals surface area contributed by atoms with Crippen LogP contribution < -0.4 is 5.32 Å². The Labute approximate surface area is 137 Å². The van der Waals surface area contributed by atoms with Crippen LogP contribution in [-0.4, -0.2) is 48.4 Å². The molecule has 2 aromatic heterocycles. The van der Waals surface area contributed by atoms with Gasteiger partial charge >= 0.3 is 0 Å². The highest BCUT2D eigenvalue weighted by atomic mass is 32.1. The number of rotatable bonds is 3. The fraction of sp³-hybridized carbons (Fsp3) is 0.500. The van der Waals surface area contributed by atoms with Crippen molar-refractivity contribution in [2.24, 2.45) is 0 Å². The van der Waals surface area contributed by atoms with Crippen LogP contribution in [-0.2, 0) is 13.1 Å². The maximum atomic E-state index is 12.5.